The summed E-state index contributed by atoms with van der Waals surface area (Å²) < 4.78 is 11.7. The number of rotatable bonds is 10. The standard InChI is InChI=1S/C38H43N5O5/c1-23(47-4)26-12-16-32-29(20-26)30(35(42-32)24-8-6-5-7-9-24)22-34-36(44)31-21-28(15-17-33(31)48-34)41-38(46)40-27-13-10-25(11-14-27)37(45)43(3)19-18-39-2/h10-17,20-24,39,42H,5-9,18-19H2,1-4H3,(H2,40,41,46)/b34-22-/t23-/m1/s1. The lowest BCUT2D eigenvalue weighted by atomic mass is 9.85. The molecular weight excluding hydrogens is 606 g/mol. The van der Waals surface area contributed by atoms with Crippen LogP contribution in [0.2, 0.25) is 0 Å². The van der Waals surface area contributed by atoms with E-state index in [1.165, 1.54) is 19.3 Å². The molecule has 3 amide bonds. The van der Waals surface area contributed by atoms with Crippen molar-refractivity contribution in [3.8, 4) is 5.75 Å². The summed E-state index contributed by atoms with van der Waals surface area (Å²) in [7, 11) is 5.29. The number of aromatic nitrogens is 1. The van der Waals surface area contributed by atoms with Gasteiger partial charge in [0.25, 0.3) is 5.91 Å². The molecule has 3 aromatic carbocycles. The number of anilines is 2. The molecule has 2 aliphatic rings. The van der Waals surface area contributed by atoms with Gasteiger partial charge < -0.3 is 35.3 Å². The van der Waals surface area contributed by atoms with E-state index in [-0.39, 0.29) is 23.6 Å². The first kappa shape index (κ1) is 33.0. The third-order valence-corrected chi connectivity index (χ3v) is 9.36. The van der Waals surface area contributed by atoms with Crippen LogP contribution in [0.5, 0.6) is 5.75 Å². The number of carbonyl (C=O) groups is 3. The van der Waals surface area contributed by atoms with Gasteiger partial charge in [-0.2, -0.15) is 0 Å². The predicted molar refractivity (Wildman–Crippen MR) is 189 cm³/mol. The number of hydrogen-bond acceptors (Lipinski definition) is 6. The molecule has 1 fully saturated rings. The molecule has 0 saturated heterocycles. The number of aromatic amines is 1. The molecule has 48 heavy (non-hydrogen) atoms. The molecule has 1 aliphatic carbocycles. The number of benzene rings is 3. The van der Waals surface area contributed by atoms with Crippen LogP contribution < -0.4 is 20.7 Å². The molecule has 0 spiro atoms. The van der Waals surface area contributed by atoms with Crippen molar-refractivity contribution >= 4 is 46.1 Å². The molecule has 0 unspecified atom stereocenters. The Morgan fingerprint density at radius 3 is 2.48 bits per heavy atom. The molecule has 1 atom stereocenters. The molecule has 6 rings (SSSR count). The average molecular weight is 650 g/mol. The number of Topliss-reactive ketones (excluding diaryl/α,β-unsaturated/α-hetero) is 1. The molecule has 4 aromatic rings. The van der Waals surface area contributed by atoms with E-state index < -0.39 is 6.03 Å². The maximum absolute atomic E-state index is 13.7. The van der Waals surface area contributed by atoms with Crippen LogP contribution in [0.3, 0.4) is 0 Å². The van der Waals surface area contributed by atoms with Gasteiger partial charge in [0.15, 0.2) is 5.76 Å². The number of hydrogen-bond donors (Lipinski definition) is 4. The summed E-state index contributed by atoms with van der Waals surface area (Å²) in [6, 6.07) is 17.6. The Bertz CT molecular complexity index is 1860. The molecule has 4 N–H and O–H groups in total. The number of likely N-dealkylation sites (N-methyl/N-ethyl adjacent to an activating group) is 2. The van der Waals surface area contributed by atoms with Gasteiger partial charge in [0.2, 0.25) is 5.78 Å². The second-order valence-electron chi connectivity index (χ2n) is 12.6. The number of nitrogens with one attached hydrogen (secondary N) is 4. The smallest absolute Gasteiger partial charge is 0.323 e. The predicted octanol–water partition coefficient (Wildman–Crippen LogP) is 7.47. The summed E-state index contributed by atoms with van der Waals surface area (Å²) in [6.45, 7) is 3.30. The van der Waals surface area contributed by atoms with Crippen molar-refractivity contribution in [1.82, 2.24) is 15.2 Å². The minimum atomic E-state index is -0.473. The van der Waals surface area contributed by atoms with Crippen LogP contribution in [-0.4, -0.2) is 61.9 Å². The van der Waals surface area contributed by atoms with E-state index in [2.05, 4.69) is 39.1 Å². The number of H-pyrrole nitrogens is 1. The highest BCUT2D eigenvalue weighted by atomic mass is 16.5. The van der Waals surface area contributed by atoms with Crippen molar-refractivity contribution in [2.75, 3.05) is 44.9 Å². The van der Waals surface area contributed by atoms with Gasteiger partial charge in [-0.25, -0.2) is 4.79 Å². The summed E-state index contributed by atoms with van der Waals surface area (Å²) in [5.74, 6) is 0.751. The first-order valence-electron chi connectivity index (χ1n) is 16.6. The maximum atomic E-state index is 13.7. The van der Waals surface area contributed by atoms with E-state index in [0.717, 1.165) is 40.6 Å². The molecule has 0 radical (unpaired) electrons. The number of methoxy groups -OCH3 is 1. The van der Waals surface area contributed by atoms with Crippen molar-refractivity contribution in [3.05, 3.63) is 94.4 Å². The number of carbonyl (C=O) groups excluding carboxylic acids is 3. The molecular formula is C38H43N5O5. The Labute approximate surface area is 280 Å². The number of allylic oxidation sites excluding steroid dienone is 1. The van der Waals surface area contributed by atoms with Crippen molar-refractivity contribution in [1.29, 1.82) is 0 Å². The van der Waals surface area contributed by atoms with Gasteiger partial charge in [0.05, 0.1) is 11.7 Å². The second-order valence-corrected chi connectivity index (χ2v) is 12.6. The van der Waals surface area contributed by atoms with Crippen LogP contribution in [0, 0.1) is 0 Å². The zero-order valence-electron chi connectivity index (χ0n) is 27.9. The highest BCUT2D eigenvalue weighted by Gasteiger charge is 2.30. The van der Waals surface area contributed by atoms with Crippen molar-refractivity contribution in [2.24, 2.45) is 0 Å². The normalized spacial score (nSPS) is 16.1. The van der Waals surface area contributed by atoms with Crippen LogP contribution in [0.25, 0.3) is 17.0 Å². The van der Waals surface area contributed by atoms with E-state index in [1.807, 2.05) is 20.0 Å². The monoisotopic (exact) mass is 649 g/mol. The third-order valence-electron chi connectivity index (χ3n) is 9.36. The Hall–Kier alpha value is -4.93. The largest absolute Gasteiger partial charge is 0.452 e. The van der Waals surface area contributed by atoms with Crippen LogP contribution in [0.15, 0.2) is 66.4 Å². The van der Waals surface area contributed by atoms with Crippen molar-refractivity contribution in [2.45, 2.75) is 51.0 Å². The number of amides is 3. The summed E-state index contributed by atoms with van der Waals surface area (Å²) in [5.41, 5.74) is 6.11. The Morgan fingerprint density at radius 2 is 1.75 bits per heavy atom. The van der Waals surface area contributed by atoms with E-state index in [4.69, 9.17) is 9.47 Å². The van der Waals surface area contributed by atoms with Crippen LogP contribution in [0.1, 0.15) is 88.6 Å². The minimum Gasteiger partial charge on any atom is -0.452 e. The summed E-state index contributed by atoms with van der Waals surface area (Å²) in [6.07, 6.45) is 7.64. The van der Waals surface area contributed by atoms with Gasteiger partial charge in [0.1, 0.15) is 5.75 Å². The zero-order chi connectivity index (χ0) is 33.8. The van der Waals surface area contributed by atoms with Gasteiger partial charge in [-0.15, -0.1) is 0 Å². The molecule has 10 nitrogen and oxygen atoms in total. The fraction of sp³-hybridized carbons (Fsp3) is 0.342. The van der Waals surface area contributed by atoms with Crippen LogP contribution in [-0.2, 0) is 4.74 Å². The molecule has 2 heterocycles. The Balaban J connectivity index is 1.19. The summed E-state index contributed by atoms with van der Waals surface area (Å²) >= 11 is 0. The topological polar surface area (TPSA) is 125 Å². The first-order valence-corrected chi connectivity index (χ1v) is 16.6. The third kappa shape index (κ3) is 7.00. The number of fused-ring (bicyclic) bond motifs is 2. The maximum Gasteiger partial charge on any atom is 0.323 e. The minimum absolute atomic E-state index is 0.0662. The lowest BCUT2D eigenvalue weighted by molar-refractivity contribution is 0.0796. The number of nitrogens with zero attached hydrogens (tertiary/aromatic N) is 1. The van der Waals surface area contributed by atoms with Crippen molar-refractivity contribution < 1.29 is 23.9 Å². The molecule has 250 valence electrons. The first-order chi connectivity index (χ1) is 23.2. The van der Waals surface area contributed by atoms with Gasteiger partial charge >= 0.3 is 6.03 Å². The second kappa shape index (κ2) is 14.5. The fourth-order valence-corrected chi connectivity index (χ4v) is 6.50. The number of urea groups is 1. The van der Waals surface area contributed by atoms with Gasteiger partial charge in [-0.3, -0.25) is 9.59 Å². The number of ether oxygens (including phenoxy) is 2. The molecule has 0 bridgehead atoms. The average Bonchev–Trinajstić information content (AvgIpc) is 3.63. The van der Waals surface area contributed by atoms with E-state index in [1.54, 1.807) is 61.5 Å². The Kier molecular flexibility index (Phi) is 9.93. The molecule has 10 heteroatoms. The highest BCUT2D eigenvalue weighted by molar-refractivity contribution is 6.16. The van der Waals surface area contributed by atoms with Gasteiger partial charge in [-0.05, 0) is 99.0 Å². The molecule has 1 aromatic heterocycles. The SMILES string of the molecule is CNCCN(C)C(=O)c1ccc(NC(=O)Nc2ccc3c(c2)C(=O)/C(=C/c2c(C4CCCCC4)[nH]c4ccc([C@@H](C)OC)cc24)O3)cc1. The lowest BCUT2D eigenvalue weighted by Crippen LogP contribution is -2.32. The quantitative estimate of drug-likeness (QED) is 0.132. The lowest BCUT2D eigenvalue weighted by Gasteiger charge is -2.21. The van der Waals surface area contributed by atoms with Crippen LogP contribution >= 0.6 is 0 Å². The van der Waals surface area contributed by atoms with Gasteiger partial charge in [0, 0.05) is 66.3 Å². The molecule has 1 saturated carbocycles. The number of ketones is 1. The summed E-state index contributed by atoms with van der Waals surface area (Å²) in [4.78, 5) is 44.5. The van der Waals surface area contributed by atoms with E-state index in [0.29, 0.717) is 47.3 Å². The van der Waals surface area contributed by atoms with E-state index in [9.17, 15) is 14.4 Å². The van der Waals surface area contributed by atoms with Crippen molar-refractivity contribution in [3.63, 3.8) is 0 Å². The fourth-order valence-electron chi connectivity index (χ4n) is 6.50. The molecule has 1 aliphatic heterocycles. The highest BCUT2D eigenvalue weighted by Crippen LogP contribution is 2.40. The summed E-state index contributed by atoms with van der Waals surface area (Å²) in [5, 5.41) is 9.65. The van der Waals surface area contributed by atoms with Crippen LogP contribution in [0.4, 0.5) is 16.2 Å². The Morgan fingerprint density at radius 1 is 1.02 bits per heavy atom. The van der Waals surface area contributed by atoms with E-state index >= 15 is 0 Å². The van der Waals surface area contributed by atoms with Gasteiger partial charge in [-0.1, -0.05) is 25.3 Å². The zero-order valence-corrected chi connectivity index (χ0v) is 27.9.